The summed E-state index contributed by atoms with van der Waals surface area (Å²) >= 11 is 0. The molecule has 1 atom stereocenters. The van der Waals surface area contributed by atoms with Crippen molar-refractivity contribution in [3.63, 3.8) is 0 Å². The largest absolute Gasteiger partial charge is 0.337 e. The molecule has 0 aromatic carbocycles. The number of hydrogen-bond acceptors (Lipinski definition) is 2. The van der Waals surface area contributed by atoms with Gasteiger partial charge in [0.25, 0.3) is 0 Å². The van der Waals surface area contributed by atoms with Gasteiger partial charge in [-0.1, -0.05) is 13.5 Å². The van der Waals surface area contributed by atoms with Gasteiger partial charge in [-0.05, 0) is 40.2 Å². The highest BCUT2D eigenvalue weighted by atomic mass is 16.1. The summed E-state index contributed by atoms with van der Waals surface area (Å²) in [5.41, 5.74) is 0. The highest BCUT2D eigenvalue weighted by molar-refractivity contribution is 5.87. The number of amides is 1. The van der Waals surface area contributed by atoms with Crippen LogP contribution in [0.3, 0.4) is 0 Å². The molecule has 0 aliphatic carbocycles. The van der Waals surface area contributed by atoms with Crippen LogP contribution in [-0.4, -0.2) is 29.1 Å². The standard InChI is InChI=1S/C12H24N2O/c1-7-11(13-12(15)8-2)14(9(3)4)10(5)6/h8-11H,2,7H2,1,3-6H3,(H,13,15). The molecule has 0 aromatic rings. The zero-order valence-corrected chi connectivity index (χ0v) is 10.6. The summed E-state index contributed by atoms with van der Waals surface area (Å²) in [6, 6.07) is 0.833. The highest BCUT2D eigenvalue weighted by Crippen LogP contribution is 2.11. The lowest BCUT2D eigenvalue weighted by atomic mass is 10.2. The van der Waals surface area contributed by atoms with Crippen molar-refractivity contribution in [2.45, 2.75) is 59.3 Å². The van der Waals surface area contributed by atoms with Crippen LogP contribution in [0.2, 0.25) is 0 Å². The van der Waals surface area contributed by atoms with Gasteiger partial charge in [-0.25, -0.2) is 0 Å². The Hall–Kier alpha value is -0.830. The van der Waals surface area contributed by atoms with Crippen molar-refractivity contribution in [3.05, 3.63) is 12.7 Å². The van der Waals surface area contributed by atoms with E-state index >= 15 is 0 Å². The molecule has 1 N–H and O–H groups in total. The smallest absolute Gasteiger partial charge is 0.244 e. The van der Waals surface area contributed by atoms with Crippen LogP contribution < -0.4 is 5.32 Å². The Kier molecular flexibility index (Phi) is 6.25. The third-order valence-corrected chi connectivity index (χ3v) is 2.43. The minimum Gasteiger partial charge on any atom is -0.337 e. The first kappa shape index (κ1) is 14.2. The molecular weight excluding hydrogens is 188 g/mol. The lowest BCUT2D eigenvalue weighted by molar-refractivity contribution is -0.119. The average molecular weight is 212 g/mol. The molecule has 0 heterocycles. The molecule has 15 heavy (non-hydrogen) atoms. The van der Waals surface area contributed by atoms with Crippen LogP contribution in [0, 0.1) is 0 Å². The summed E-state index contributed by atoms with van der Waals surface area (Å²) in [7, 11) is 0. The van der Waals surface area contributed by atoms with E-state index in [-0.39, 0.29) is 12.1 Å². The van der Waals surface area contributed by atoms with Gasteiger partial charge in [0.2, 0.25) is 5.91 Å². The van der Waals surface area contributed by atoms with E-state index in [0.717, 1.165) is 6.42 Å². The molecule has 0 aliphatic heterocycles. The van der Waals surface area contributed by atoms with Crippen LogP contribution in [0.1, 0.15) is 41.0 Å². The lowest BCUT2D eigenvalue weighted by Crippen LogP contribution is -2.53. The Morgan fingerprint density at radius 3 is 2.07 bits per heavy atom. The number of nitrogens with zero attached hydrogens (tertiary/aromatic N) is 1. The summed E-state index contributed by atoms with van der Waals surface area (Å²) in [5.74, 6) is -0.104. The van der Waals surface area contributed by atoms with Gasteiger partial charge in [0.15, 0.2) is 0 Å². The average Bonchev–Trinajstić information content (AvgIpc) is 2.15. The molecule has 3 nitrogen and oxygen atoms in total. The van der Waals surface area contributed by atoms with Crippen molar-refractivity contribution in [1.82, 2.24) is 10.2 Å². The molecule has 0 fully saturated rings. The monoisotopic (exact) mass is 212 g/mol. The number of carbonyl (C=O) groups is 1. The molecular formula is C12H24N2O. The Bertz CT molecular complexity index is 204. The van der Waals surface area contributed by atoms with Crippen molar-refractivity contribution in [2.24, 2.45) is 0 Å². The van der Waals surface area contributed by atoms with E-state index in [2.05, 4.69) is 51.4 Å². The number of nitrogens with one attached hydrogen (secondary N) is 1. The maximum Gasteiger partial charge on any atom is 0.244 e. The first-order chi connectivity index (χ1) is 6.93. The zero-order valence-electron chi connectivity index (χ0n) is 10.6. The van der Waals surface area contributed by atoms with Crippen LogP contribution in [-0.2, 0) is 4.79 Å². The second-order valence-electron chi connectivity index (χ2n) is 4.27. The summed E-state index contributed by atoms with van der Waals surface area (Å²) in [6.07, 6.45) is 2.31. The van der Waals surface area contributed by atoms with E-state index in [4.69, 9.17) is 0 Å². The first-order valence-electron chi connectivity index (χ1n) is 5.64. The van der Waals surface area contributed by atoms with E-state index in [9.17, 15) is 4.79 Å². The number of hydrogen-bond donors (Lipinski definition) is 1. The van der Waals surface area contributed by atoms with Crippen LogP contribution in [0.15, 0.2) is 12.7 Å². The second-order valence-corrected chi connectivity index (χ2v) is 4.27. The molecule has 0 spiro atoms. The Morgan fingerprint density at radius 1 is 1.33 bits per heavy atom. The molecule has 1 amide bonds. The number of carbonyl (C=O) groups excluding carboxylic acids is 1. The summed E-state index contributed by atoms with van der Waals surface area (Å²) < 4.78 is 0. The minimum atomic E-state index is -0.104. The van der Waals surface area contributed by atoms with Crippen molar-refractivity contribution in [2.75, 3.05) is 0 Å². The minimum absolute atomic E-state index is 0.0931. The van der Waals surface area contributed by atoms with E-state index in [1.165, 1.54) is 6.08 Å². The zero-order chi connectivity index (χ0) is 12.0. The molecule has 0 aromatic heterocycles. The van der Waals surface area contributed by atoms with E-state index in [0.29, 0.717) is 12.1 Å². The molecule has 0 aliphatic rings. The number of rotatable bonds is 6. The Balaban J connectivity index is 4.59. The fourth-order valence-electron chi connectivity index (χ4n) is 1.93. The normalized spacial score (nSPS) is 13.3. The third-order valence-electron chi connectivity index (χ3n) is 2.43. The molecule has 0 radical (unpaired) electrons. The molecule has 0 rings (SSSR count). The molecule has 3 heteroatoms. The summed E-state index contributed by atoms with van der Waals surface area (Å²) in [5, 5.41) is 2.95. The van der Waals surface area contributed by atoms with Crippen LogP contribution in [0.4, 0.5) is 0 Å². The van der Waals surface area contributed by atoms with E-state index in [1.54, 1.807) is 0 Å². The molecule has 88 valence electrons. The first-order valence-corrected chi connectivity index (χ1v) is 5.64. The van der Waals surface area contributed by atoms with Crippen LogP contribution in [0.25, 0.3) is 0 Å². The summed E-state index contributed by atoms with van der Waals surface area (Å²) in [6.45, 7) is 14.1. The van der Waals surface area contributed by atoms with Gasteiger partial charge in [-0.3, -0.25) is 9.69 Å². The quantitative estimate of drug-likeness (QED) is 0.540. The van der Waals surface area contributed by atoms with Gasteiger partial charge in [-0.2, -0.15) is 0 Å². The SMILES string of the molecule is C=CC(=O)NC(CC)N(C(C)C)C(C)C. The second kappa shape index (κ2) is 6.62. The third kappa shape index (κ3) is 4.47. The van der Waals surface area contributed by atoms with Crippen LogP contribution in [0.5, 0.6) is 0 Å². The molecule has 0 saturated carbocycles. The van der Waals surface area contributed by atoms with Gasteiger partial charge in [-0.15, -0.1) is 0 Å². The van der Waals surface area contributed by atoms with Crippen molar-refractivity contribution in [3.8, 4) is 0 Å². The molecule has 0 saturated heterocycles. The maximum atomic E-state index is 11.3. The van der Waals surface area contributed by atoms with Gasteiger partial charge >= 0.3 is 0 Å². The topological polar surface area (TPSA) is 32.3 Å². The van der Waals surface area contributed by atoms with Crippen LogP contribution >= 0.6 is 0 Å². The lowest BCUT2D eigenvalue weighted by Gasteiger charge is -2.37. The van der Waals surface area contributed by atoms with Gasteiger partial charge in [0.05, 0.1) is 6.17 Å². The Labute approximate surface area is 93.5 Å². The van der Waals surface area contributed by atoms with Crippen molar-refractivity contribution >= 4 is 5.91 Å². The van der Waals surface area contributed by atoms with E-state index in [1.807, 2.05) is 0 Å². The highest BCUT2D eigenvalue weighted by Gasteiger charge is 2.22. The van der Waals surface area contributed by atoms with E-state index < -0.39 is 0 Å². The fourth-order valence-corrected chi connectivity index (χ4v) is 1.93. The van der Waals surface area contributed by atoms with Gasteiger partial charge in [0.1, 0.15) is 0 Å². The maximum absolute atomic E-state index is 11.3. The van der Waals surface area contributed by atoms with Crippen molar-refractivity contribution < 1.29 is 4.79 Å². The Morgan fingerprint density at radius 2 is 1.80 bits per heavy atom. The summed E-state index contributed by atoms with van der Waals surface area (Å²) in [4.78, 5) is 13.6. The predicted octanol–water partition coefficient (Wildman–Crippen LogP) is 2.14. The fraction of sp³-hybridized carbons (Fsp3) is 0.750. The van der Waals surface area contributed by atoms with Crippen molar-refractivity contribution in [1.29, 1.82) is 0 Å². The molecule has 1 unspecified atom stereocenters. The molecule has 0 bridgehead atoms. The predicted molar refractivity (Wildman–Crippen MR) is 64.5 cm³/mol. The van der Waals surface area contributed by atoms with Gasteiger partial charge < -0.3 is 5.32 Å². The van der Waals surface area contributed by atoms with Gasteiger partial charge in [0, 0.05) is 12.1 Å².